The standard InChI is InChI=1S/C22H26N6O/c1-21(2)11-15(12-22(3,4)27-21)9-20-24-13-18(25-26-20)17-6-5-16(10-19(17)29)28-8-7-23-14-28/h5-10,13-14,27,29H,11-12H2,1-4H3. The molecule has 0 atom stereocenters. The topological polar surface area (TPSA) is 88.8 Å². The lowest BCUT2D eigenvalue weighted by molar-refractivity contribution is 0.224. The Bertz CT molecular complexity index is 1020. The van der Waals surface area contributed by atoms with E-state index in [-0.39, 0.29) is 16.8 Å². The molecule has 0 saturated carbocycles. The minimum absolute atomic E-state index is 0.0315. The molecule has 0 radical (unpaired) electrons. The minimum Gasteiger partial charge on any atom is -0.507 e. The van der Waals surface area contributed by atoms with Crippen molar-refractivity contribution in [1.82, 2.24) is 30.0 Å². The average Bonchev–Trinajstić information content (AvgIpc) is 3.14. The van der Waals surface area contributed by atoms with E-state index >= 15 is 0 Å². The van der Waals surface area contributed by atoms with Crippen LogP contribution in [0.5, 0.6) is 5.75 Å². The maximum absolute atomic E-state index is 10.4. The molecule has 1 aliphatic rings. The van der Waals surface area contributed by atoms with Crippen molar-refractivity contribution < 1.29 is 5.11 Å². The lowest BCUT2D eigenvalue weighted by Crippen LogP contribution is -2.55. The maximum atomic E-state index is 10.4. The molecule has 0 aliphatic carbocycles. The number of rotatable bonds is 3. The molecule has 1 fully saturated rings. The van der Waals surface area contributed by atoms with Crippen molar-refractivity contribution in [2.24, 2.45) is 0 Å². The molecule has 4 rings (SSSR count). The van der Waals surface area contributed by atoms with Crippen LogP contribution in [0.3, 0.4) is 0 Å². The number of piperidine rings is 1. The number of benzene rings is 1. The Kier molecular flexibility index (Phi) is 4.70. The van der Waals surface area contributed by atoms with Crippen molar-refractivity contribution in [3.8, 4) is 22.7 Å². The van der Waals surface area contributed by atoms with E-state index in [1.807, 2.05) is 29.0 Å². The Morgan fingerprint density at radius 1 is 1.10 bits per heavy atom. The van der Waals surface area contributed by atoms with Crippen LogP contribution in [0.4, 0.5) is 0 Å². The molecule has 1 aromatic carbocycles. The van der Waals surface area contributed by atoms with Gasteiger partial charge in [0.15, 0.2) is 5.82 Å². The highest BCUT2D eigenvalue weighted by Gasteiger charge is 2.34. The van der Waals surface area contributed by atoms with Gasteiger partial charge in [0.2, 0.25) is 0 Å². The first-order chi connectivity index (χ1) is 13.7. The highest BCUT2D eigenvalue weighted by molar-refractivity contribution is 5.68. The summed E-state index contributed by atoms with van der Waals surface area (Å²) in [6.45, 7) is 8.83. The highest BCUT2D eigenvalue weighted by atomic mass is 16.3. The van der Waals surface area contributed by atoms with Crippen molar-refractivity contribution in [1.29, 1.82) is 0 Å². The average molecular weight is 390 g/mol. The van der Waals surface area contributed by atoms with E-state index < -0.39 is 0 Å². The van der Waals surface area contributed by atoms with Gasteiger partial charge < -0.3 is 15.0 Å². The summed E-state index contributed by atoms with van der Waals surface area (Å²) >= 11 is 0. The fourth-order valence-corrected chi connectivity index (χ4v) is 4.27. The number of imidazole rings is 1. The number of nitrogens with zero attached hydrogens (tertiary/aromatic N) is 5. The van der Waals surface area contributed by atoms with Crippen LogP contribution in [0.2, 0.25) is 0 Å². The second kappa shape index (κ2) is 7.08. The van der Waals surface area contributed by atoms with Crippen LogP contribution in [0.15, 0.2) is 48.7 Å². The molecule has 2 aromatic heterocycles. The molecule has 3 heterocycles. The van der Waals surface area contributed by atoms with E-state index in [1.165, 1.54) is 5.57 Å². The third-order valence-electron chi connectivity index (χ3n) is 4.99. The lowest BCUT2D eigenvalue weighted by Gasteiger charge is -2.43. The summed E-state index contributed by atoms with van der Waals surface area (Å²) < 4.78 is 1.82. The molecule has 0 bridgehead atoms. The Morgan fingerprint density at radius 3 is 2.45 bits per heavy atom. The Morgan fingerprint density at radius 2 is 1.86 bits per heavy atom. The van der Waals surface area contributed by atoms with Crippen molar-refractivity contribution in [3.63, 3.8) is 0 Å². The third kappa shape index (κ3) is 4.35. The fraction of sp³-hybridized carbons (Fsp3) is 0.364. The van der Waals surface area contributed by atoms with Crippen LogP contribution in [0.25, 0.3) is 23.0 Å². The molecule has 1 saturated heterocycles. The zero-order valence-electron chi connectivity index (χ0n) is 17.2. The summed E-state index contributed by atoms with van der Waals surface area (Å²) in [6, 6.07) is 5.38. The fourth-order valence-electron chi connectivity index (χ4n) is 4.27. The van der Waals surface area contributed by atoms with E-state index in [0.717, 1.165) is 18.5 Å². The number of phenolic OH excluding ortho intramolecular Hbond substituents is 1. The van der Waals surface area contributed by atoms with Crippen LogP contribution >= 0.6 is 0 Å². The Hall–Kier alpha value is -3.06. The first-order valence-corrected chi connectivity index (χ1v) is 9.71. The van der Waals surface area contributed by atoms with E-state index in [0.29, 0.717) is 17.1 Å². The van der Waals surface area contributed by atoms with E-state index in [4.69, 9.17) is 0 Å². The minimum atomic E-state index is 0.0315. The number of aromatic hydroxyl groups is 1. The van der Waals surface area contributed by atoms with Crippen LogP contribution in [-0.4, -0.2) is 40.9 Å². The van der Waals surface area contributed by atoms with Crippen molar-refractivity contribution >= 4 is 6.08 Å². The number of phenols is 1. The van der Waals surface area contributed by atoms with Crippen LogP contribution in [0, 0.1) is 0 Å². The molecular formula is C22H26N6O. The van der Waals surface area contributed by atoms with Crippen LogP contribution in [-0.2, 0) is 0 Å². The lowest BCUT2D eigenvalue weighted by atomic mass is 9.79. The number of hydrogen-bond donors (Lipinski definition) is 2. The summed E-state index contributed by atoms with van der Waals surface area (Å²) in [6.07, 6.45) is 10.8. The van der Waals surface area contributed by atoms with Gasteiger partial charge in [0, 0.05) is 35.1 Å². The first kappa shape index (κ1) is 19.3. The van der Waals surface area contributed by atoms with Gasteiger partial charge in [0.1, 0.15) is 11.4 Å². The van der Waals surface area contributed by atoms with Gasteiger partial charge in [0.05, 0.1) is 18.2 Å². The Labute approximate surface area is 170 Å². The predicted molar refractivity (Wildman–Crippen MR) is 113 cm³/mol. The molecule has 3 aromatic rings. The molecule has 2 N–H and O–H groups in total. The second-order valence-corrected chi connectivity index (χ2v) is 8.92. The molecule has 0 unspecified atom stereocenters. The van der Waals surface area contributed by atoms with Crippen molar-refractivity contribution in [2.75, 3.05) is 0 Å². The normalized spacial score (nSPS) is 17.9. The van der Waals surface area contributed by atoms with E-state index in [1.54, 1.807) is 24.8 Å². The summed E-state index contributed by atoms with van der Waals surface area (Å²) in [5.74, 6) is 0.715. The summed E-state index contributed by atoms with van der Waals surface area (Å²) in [5.41, 5.74) is 3.32. The van der Waals surface area contributed by atoms with E-state index in [2.05, 4.69) is 53.2 Å². The number of nitrogens with one attached hydrogen (secondary N) is 1. The zero-order chi connectivity index (χ0) is 20.6. The van der Waals surface area contributed by atoms with Gasteiger partial charge in [-0.25, -0.2) is 9.97 Å². The van der Waals surface area contributed by atoms with Gasteiger partial charge in [-0.1, -0.05) is 5.57 Å². The van der Waals surface area contributed by atoms with Crippen LogP contribution in [0.1, 0.15) is 46.4 Å². The first-order valence-electron chi connectivity index (χ1n) is 9.71. The van der Waals surface area contributed by atoms with Gasteiger partial charge in [-0.3, -0.25) is 0 Å². The quantitative estimate of drug-likeness (QED) is 0.708. The van der Waals surface area contributed by atoms with E-state index in [9.17, 15) is 5.11 Å². The second-order valence-electron chi connectivity index (χ2n) is 8.92. The molecule has 1 aliphatic heterocycles. The maximum Gasteiger partial charge on any atom is 0.174 e. The molecular weight excluding hydrogens is 364 g/mol. The molecule has 7 heteroatoms. The summed E-state index contributed by atoms with van der Waals surface area (Å²) in [7, 11) is 0. The predicted octanol–water partition coefficient (Wildman–Crippen LogP) is 3.75. The summed E-state index contributed by atoms with van der Waals surface area (Å²) in [5, 5.41) is 22.7. The monoisotopic (exact) mass is 390 g/mol. The van der Waals surface area contributed by atoms with Gasteiger partial charge in [-0.05, 0) is 58.7 Å². The van der Waals surface area contributed by atoms with Gasteiger partial charge >= 0.3 is 0 Å². The SMILES string of the molecule is CC1(C)CC(=Cc2ncc(-c3ccc(-n4ccnc4)cc3O)nn2)CC(C)(C)N1. The molecule has 29 heavy (non-hydrogen) atoms. The van der Waals surface area contributed by atoms with Crippen molar-refractivity contribution in [2.45, 2.75) is 51.6 Å². The smallest absolute Gasteiger partial charge is 0.174 e. The largest absolute Gasteiger partial charge is 0.507 e. The van der Waals surface area contributed by atoms with Gasteiger partial charge in [0.25, 0.3) is 0 Å². The highest BCUT2D eigenvalue weighted by Crippen LogP contribution is 2.33. The number of hydrogen-bond acceptors (Lipinski definition) is 6. The molecule has 7 nitrogen and oxygen atoms in total. The summed E-state index contributed by atoms with van der Waals surface area (Å²) in [4.78, 5) is 8.49. The number of aromatic nitrogens is 5. The molecule has 150 valence electrons. The zero-order valence-corrected chi connectivity index (χ0v) is 17.2. The molecule has 0 spiro atoms. The third-order valence-corrected chi connectivity index (χ3v) is 4.99. The van der Waals surface area contributed by atoms with Gasteiger partial charge in [-0.15, -0.1) is 10.2 Å². The van der Waals surface area contributed by atoms with Crippen LogP contribution < -0.4 is 5.32 Å². The molecule has 0 amide bonds. The Balaban J connectivity index is 1.57. The van der Waals surface area contributed by atoms with Crippen molar-refractivity contribution in [3.05, 3.63) is 54.5 Å². The van der Waals surface area contributed by atoms with Gasteiger partial charge in [-0.2, -0.15) is 0 Å².